The Balaban J connectivity index is 2.28. The Kier molecular flexibility index (Phi) is 5.22. The molecule has 0 aliphatic heterocycles. The van der Waals surface area contributed by atoms with Crippen molar-refractivity contribution in [3.8, 4) is 0 Å². The van der Waals surface area contributed by atoms with E-state index >= 15 is 0 Å². The summed E-state index contributed by atoms with van der Waals surface area (Å²) in [4.78, 5) is 8.12. The number of hydrogen-bond donors (Lipinski definition) is 1. The van der Waals surface area contributed by atoms with Gasteiger partial charge in [-0.3, -0.25) is 4.72 Å². The van der Waals surface area contributed by atoms with Crippen LogP contribution in [0.3, 0.4) is 0 Å². The second-order valence-electron chi connectivity index (χ2n) is 3.89. The summed E-state index contributed by atoms with van der Waals surface area (Å²) < 4.78 is 27.1. The number of rotatable bonds is 6. The van der Waals surface area contributed by atoms with Gasteiger partial charge in [-0.2, -0.15) is 0 Å². The molecule has 0 atom stereocenters. The number of para-hydroxylation sites is 1. The Morgan fingerprint density at radius 1 is 1.29 bits per heavy atom. The number of anilines is 1. The van der Waals surface area contributed by atoms with E-state index in [0.29, 0.717) is 11.4 Å². The summed E-state index contributed by atoms with van der Waals surface area (Å²) in [7, 11) is -3.75. The molecule has 1 aromatic carbocycles. The van der Waals surface area contributed by atoms with Crippen molar-refractivity contribution >= 4 is 39.1 Å². The highest BCUT2D eigenvalue weighted by atomic mass is 35.5. The lowest BCUT2D eigenvalue weighted by Gasteiger charge is -2.11. The lowest BCUT2D eigenvalue weighted by Crippen LogP contribution is -2.14. The minimum atomic E-state index is -3.75. The number of aromatic nitrogens is 2. The van der Waals surface area contributed by atoms with Gasteiger partial charge in [-0.15, -0.1) is 18.3 Å². The van der Waals surface area contributed by atoms with Gasteiger partial charge in [-0.05, 0) is 23.7 Å². The van der Waals surface area contributed by atoms with Crippen LogP contribution in [-0.2, 0) is 10.0 Å². The average Bonchev–Trinajstić information content (AvgIpc) is 2.46. The standard InChI is InChI=1S/C13H12ClN3O2S2/c1-2-7-20-12-6-4-3-5-11(12)17-21(18,19)10-8-15-13(14)16-9-10/h2-6,8-9,17H,1,7H2. The van der Waals surface area contributed by atoms with Crippen LogP contribution in [0.2, 0.25) is 5.28 Å². The van der Waals surface area contributed by atoms with E-state index in [1.165, 1.54) is 11.8 Å². The predicted molar refractivity (Wildman–Crippen MR) is 85.2 cm³/mol. The smallest absolute Gasteiger partial charge is 0.265 e. The molecule has 1 N–H and O–H groups in total. The number of benzene rings is 1. The number of hydrogen-bond acceptors (Lipinski definition) is 5. The molecule has 21 heavy (non-hydrogen) atoms. The fraction of sp³-hybridized carbons (Fsp3) is 0.0769. The summed E-state index contributed by atoms with van der Waals surface area (Å²) in [5.41, 5.74) is 0.499. The Labute approximate surface area is 132 Å². The van der Waals surface area contributed by atoms with E-state index in [4.69, 9.17) is 11.6 Å². The quantitative estimate of drug-likeness (QED) is 0.496. The Morgan fingerprint density at radius 2 is 1.95 bits per heavy atom. The zero-order valence-corrected chi connectivity index (χ0v) is 13.2. The second kappa shape index (κ2) is 6.93. The van der Waals surface area contributed by atoms with Gasteiger partial charge in [0.2, 0.25) is 5.28 Å². The van der Waals surface area contributed by atoms with Gasteiger partial charge in [0, 0.05) is 10.6 Å². The first-order valence-corrected chi connectivity index (χ1v) is 8.70. The molecule has 0 radical (unpaired) electrons. The minimum absolute atomic E-state index is 0.00381. The molecule has 0 bridgehead atoms. The number of thioether (sulfide) groups is 1. The predicted octanol–water partition coefficient (Wildman–Crippen LogP) is 3.21. The highest BCUT2D eigenvalue weighted by Crippen LogP contribution is 2.28. The maximum Gasteiger partial charge on any atom is 0.265 e. The summed E-state index contributed by atoms with van der Waals surface area (Å²) in [6.45, 7) is 3.65. The molecule has 110 valence electrons. The summed E-state index contributed by atoms with van der Waals surface area (Å²) >= 11 is 7.04. The third-order valence-electron chi connectivity index (χ3n) is 2.40. The van der Waals surface area contributed by atoms with Crippen LogP contribution in [0, 0.1) is 0 Å². The molecule has 1 aromatic heterocycles. The molecule has 1 heterocycles. The van der Waals surface area contributed by atoms with Gasteiger partial charge >= 0.3 is 0 Å². The Morgan fingerprint density at radius 3 is 2.62 bits per heavy atom. The van der Waals surface area contributed by atoms with Crippen LogP contribution in [0.25, 0.3) is 0 Å². The van der Waals surface area contributed by atoms with E-state index in [1.54, 1.807) is 18.2 Å². The van der Waals surface area contributed by atoms with Gasteiger partial charge in [-0.1, -0.05) is 18.2 Å². The van der Waals surface area contributed by atoms with E-state index < -0.39 is 10.0 Å². The number of nitrogens with one attached hydrogen (secondary N) is 1. The lowest BCUT2D eigenvalue weighted by molar-refractivity contribution is 0.600. The summed E-state index contributed by atoms with van der Waals surface area (Å²) in [5, 5.41) is -0.00381. The molecular formula is C13H12ClN3O2S2. The molecule has 0 saturated carbocycles. The average molecular weight is 342 g/mol. The number of halogens is 1. The van der Waals surface area contributed by atoms with Crippen LogP contribution < -0.4 is 4.72 Å². The SMILES string of the molecule is C=CCSc1ccccc1NS(=O)(=O)c1cnc(Cl)nc1. The molecule has 0 aliphatic carbocycles. The number of nitrogens with zero attached hydrogens (tertiary/aromatic N) is 2. The van der Waals surface area contributed by atoms with Gasteiger partial charge < -0.3 is 0 Å². The molecule has 2 rings (SSSR count). The molecule has 0 saturated heterocycles. The first-order valence-electron chi connectivity index (χ1n) is 5.86. The van der Waals surface area contributed by atoms with Crippen LogP contribution >= 0.6 is 23.4 Å². The van der Waals surface area contributed by atoms with Crippen LogP contribution in [0.15, 0.2) is 59.1 Å². The second-order valence-corrected chi connectivity index (χ2v) is 6.97. The number of sulfonamides is 1. The molecular weight excluding hydrogens is 330 g/mol. The fourth-order valence-electron chi connectivity index (χ4n) is 1.47. The molecule has 0 spiro atoms. The van der Waals surface area contributed by atoms with E-state index in [0.717, 1.165) is 17.3 Å². The zero-order chi connectivity index (χ0) is 15.3. The third kappa shape index (κ3) is 4.20. The van der Waals surface area contributed by atoms with Gasteiger partial charge in [-0.25, -0.2) is 18.4 Å². The summed E-state index contributed by atoms with van der Waals surface area (Å²) in [6, 6.07) is 7.13. The van der Waals surface area contributed by atoms with Gasteiger partial charge in [0.1, 0.15) is 4.90 Å². The lowest BCUT2D eigenvalue weighted by atomic mass is 10.3. The largest absolute Gasteiger partial charge is 0.278 e. The molecule has 0 amide bonds. The van der Waals surface area contributed by atoms with Gasteiger partial charge in [0.15, 0.2) is 0 Å². The summed E-state index contributed by atoms with van der Waals surface area (Å²) in [5.74, 6) is 0.683. The van der Waals surface area contributed by atoms with Crippen LogP contribution in [0.1, 0.15) is 0 Å². The topological polar surface area (TPSA) is 72.0 Å². The van der Waals surface area contributed by atoms with Crippen molar-refractivity contribution in [1.29, 1.82) is 0 Å². The van der Waals surface area contributed by atoms with Gasteiger partial charge in [0.25, 0.3) is 10.0 Å². The first kappa shape index (κ1) is 15.8. The van der Waals surface area contributed by atoms with E-state index in [2.05, 4.69) is 21.3 Å². The normalized spacial score (nSPS) is 11.1. The molecule has 2 aromatic rings. The van der Waals surface area contributed by atoms with Crippen LogP contribution in [0.4, 0.5) is 5.69 Å². The van der Waals surface area contributed by atoms with Crippen LogP contribution in [-0.4, -0.2) is 24.1 Å². The van der Waals surface area contributed by atoms with E-state index in [-0.39, 0.29) is 10.2 Å². The van der Waals surface area contributed by atoms with Crippen molar-refractivity contribution in [3.63, 3.8) is 0 Å². The molecule has 0 aliphatic rings. The van der Waals surface area contributed by atoms with E-state index in [9.17, 15) is 8.42 Å². The Hall–Kier alpha value is -1.57. The zero-order valence-electron chi connectivity index (χ0n) is 10.9. The summed E-state index contributed by atoms with van der Waals surface area (Å²) in [6.07, 6.45) is 4.08. The molecule has 0 unspecified atom stereocenters. The fourth-order valence-corrected chi connectivity index (χ4v) is 3.35. The molecule has 0 fully saturated rings. The monoisotopic (exact) mass is 341 g/mol. The van der Waals surface area contributed by atoms with E-state index in [1.807, 2.05) is 12.1 Å². The van der Waals surface area contributed by atoms with Crippen molar-refractivity contribution in [2.24, 2.45) is 0 Å². The highest BCUT2D eigenvalue weighted by Gasteiger charge is 2.17. The highest BCUT2D eigenvalue weighted by molar-refractivity contribution is 7.99. The third-order valence-corrected chi connectivity index (χ3v) is 4.98. The first-order chi connectivity index (χ1) is 10.0. The van der Waals surface area contributed by atoms with Crippen molar-refractivity contribution in [3.05, 3.63) is 54.6 Å². The maximum atomic E-state index is 12.3. The minimum Gasteiger partial charge on any atom is -0.278 e. The van der Waals surface area contributed by atoms with Crippen molar-refractivity contribution in [1.82, 2.24) is 9.97 Å². The van der Waals surface area contributed by atoms with Crippen molar-refractivity contribution < 1.29 is 8.42 Å². The van der Waals surface area contributed by atoms with Crippen molar-refractivity contribution in [2.75, 3.05) is 10.5 Å². The molecule has 5 nitrogen and oxygen atoms in total. The molecule has 8 heteroatoms. The Bertz CT molecular complexity index is 733. The van der Waals surface area contributed by atoms with Crippen LogP contribution in [0.5, 0.6) is 0 Å². The van der Waals surface area contributed by atoms with Gasteiger partial charge in [0.05, 0.1) is 18.1 Å². The van der Waals surface area contributed by atoms with Crippen molar-refractivity contribution in [2.45, 2.75) is 9.79 Å². The maximum absolute atomic E-state index is 12.3.